The quantitative estimate of drug-likeness (QED) is 0.522. The predicted octanol–water partition coefficient (Wildman–Crippen LogP) is 5.51. The van der Waals surface area contributed by atoms with Crippen LogP contribution < -0.4 is 10.2 Å². The van der Waals surface area contributed by atoms with Gasteiger partial charge >= 0.3 is 0 Å². The van der Waals surface area contributed by atoms with Crippen LogP contribution in [-0.4, -0.2) is 12.1 Å². The number of benzene rings is 3. The Bertz CT molecular complexity index is 1210. The molecule has 128 valence electrons. The van der Waals surface area contributed by atoms with Crippen LogP contribution in [0.5, 0.6) is 5.75 Å². The minimum Gasteiger partial charge on any atom is -0.495 e. The maximum atomic E-state index is 12.4. The number of fused-ring (bicyclic) bond motifs is 2. The van der Waals surface area contributed by atoms with Gasteiger partial charge in [0.15, 0.2) is 5.43 Å². The number of halogens is 1. The molecule has 1 heterocycles. The lowest BCUT2D eigenvalue weighted by Crippen LogP contribution is -2.03. The Kier molecular flexibility index (Phi) is 4.23. The molecule has 0 spiro atoms. The molecule has 4 heteroatoms. The third kappa shape index (κ3) is 3.09. The monoisotopic (exact) mass is 361 g/mol. The number of pyridine rings is 1. The fourth-order valence-electron chi connectivity index (χ4n) is 3.01. The highest BCUT2D eigenvalue weighted by atomic mass is 35.5. The van der Waals surface area contributed by atoms with Crippen molar-refractivity contribution in [2.24, 2.45) is 0 Å². The zero-order chi connectivity index (χ0) is 18.1. The van der Waals surface area contributed by atoms with Gasteiger partial charge in [-0.1, -0.05) is 54.1 Å². The molecule has 0 saturated carbocycles. The minimum atomic E-state index is -0.0820. The van der Waals surface area contributed by atoms with Gasteiger partial charge in [-0.15, -0.1) is 0 Å². The third-order valence-electron chi connectivity index (χ3n) is 4.35. The van der Waals surface area contributed by atoms with Crippen molar-refractivity contribution < 1.29 is 4.74 Å². The van der Waals surface area contributed by atoms with E-state index in [0.717, 1.165) is 11.3 Å². The molecule has 1 N–H and O–H groups in total. The van der Waals surface area contributed by atoms with Crippen LogP contribution in [0.25, 0.3) is 33.8 Å². The van der Waals surface area contributed by atoms with Crippen molar-refractivity contribution in [1.29, 1.82) is 0 Å². The maximum Gasteiger partial charge on any atom is 0.190 e. The Hall–Kier alpha value is -3.04. The van der Waals surface area contributed by atoms with Gasteiger partial charge < -0.3 is 9.72 Å². The molecule has 0 aliphatic carbocycles. The summed E-state index contributed by atoms with van der Waals surface area (Å²) in [7, 11) is 1.55. The smallest absolute Gasteiger partial charge is 0.190 e. The van der Waals surface area contributed by atoms with Crippen LogP contribution in [0, 0.1) is 0 Å². The van der Waals surface area contributed by atoms with Crippen molar-refractivity contribution in [3.05, 3.63) is 87.2 Å². The Morgan fingerprint density at radius 3 is 2.58 bits per heavy atom. The largest absolute Gasteiger partial charge is 0.495 e. The lowest BCUT2D eigenvalue weighted by molar-refractivity contribution is 0.415. The summed E-state index contributed by atoms with van der Waals surface area (Å²) in [6.45, 7) is 0. The van der Waals surface area contributed by atoms with Crippen molar-refractivity contribution in [3.8, 4) is 5.75 Å². The Balaban J connectivity index is 1.74. The second kappa shape index (κ2) is 6.70. The average Bonchev–Trinajstić information content (AvgIpc) is 2.66. The van der Waals surface area contributed by atoms with Crippen molar-refractivity contribution in [1.82, 2.24) is 4.98 Å². The Labute approximate surface area is 155 Å². The first-order valence-electron chi connectivity index (χ1n) is 8.21. The van der Waals surface area contributed by atoms with E-state index in [1.807, 2.05) is 24.3 Å². The number of rotatable bonds is 3. The summed E-state index contributed by atoms with van der Waals surface area (Å²) in [4.78, 5) is 15.6. The molecule has 0 atom stereocenters. The van der Waals surface area contributed by atoms with Crippen molar-refractivity contribution >= 4 is 45.4 Å². The summed E-state index contributed by atoms with van der Waals surface area (Å²) in [5.74, 6) is 0.533. The molecule has 0 bridgehead atoms. The van der Waals surface area contributed by atoms with Crippen LogP contribution in [0.15, 0.2) is 65.5 Å². The Morgan fingerprint density at radius 1 is 0.962 bits per heavy atom. The van der Waals surface area contributed by atoms with Crippen molar-refractivity contribution in [2.45, 2.75) is 0 Å². The first kappa shape index (κ1) is 16.4. The van der Waals surface area contributed by atoms with Crippen LogP contribution in [0.2, 0.25) is 5.02 Å². The molecule has 0 unspecified atom stereocenters. The van der Waals surface area contributed by atoms with E-state index in [4.69, 9.17) is 16.3 Å². The van der Waals surface area contributed by atoms with Gasteiger partial charge in [0.1, 0.15) is 5.75 Å². The highest BCUT2D eigenvalue weighted by Gasteiger charge is 2.07. The number of H-pyrrole nitrogens is 1. The minimum absolute atomic E-state index is 0.0820. The molecular weight excluding hydrogens is 346 g/mol. The first-order chi connectivity index (χ1) is 12.6. The summed E-state index contributed by atoms with van der Waals surface area (Å²) >= 11 is 6.11. The van der Waals surface area contributed by atoms with Gasteiger partial charge in [-0.2, -0.15) is 0 Å². The SMILES string of the molecule is COc1cc2[nH]c(/C=C/c3ccc4ccccc4c3)cc(=O)c2cc1Cl. The van der Waals surface area contributed by atoms with Gasteiger partial charge in [-0.25, -0.2) is 0 Å². The summed E-state index contributed by atoms with van der Waals surface area (Å²) < 4.78 is 5.23. The number of ether oxygens (including phenoxy) is 1. The molecule has 26 heavy (non-hydrogen) atoms. The zero-order valence-corrected chi connectivity index (χ0v) is 14.9. The zero-order valence-electron chi connectivity index (χ0n) is 14.1. The molecule has 1 aromatic heterocycles. The van der Waals surface area contributed by atoms with E-state index in [1.165, 1.54) is 10.8 Å². The molecule has 0 fully saturated rings. The number of hydrogen-bond donors (Lipinski definition) is 1. The van der Waals surface area contributed by atoms with Crippen LogP contribution in [0.1, 0.15) is 11.3 Å². The van der Waals surface area contributed by atoms with Gasteiger partial charge in [-0.05, 0) is 34.5 Å². The van der Waals surface area contributed by atoms with Gasteiger partial charge in [0, 0.05) is 23.2 Å². The van der Waals surface area contributed by atoms with Crippen LogP contribution in [-0.2, 0) is 0 Å². The van der Waals surface area contributed by atoms with Crippen LogP contribution in [0.4, 0.5) is 0 Å². The molecule has 0 aliphatic heterocycles. The fourth-order valence-corrected chi connectivity index (χ4v) is 3.26. The number of nitrogens with one attached hydrogen (secondary N) is 1. The van der Waals surface area contributed by atoms with Gasteiger partial charge in [0.25, 0.3) is 0 Å². The number of aromatic amines is 1. The number of hydrogen-bond acceptors (Lipinski definition) is 2. The predicted molar refractivity (Wildman–Crippen MR) is 109 cm³/mol. The molecular formula is C22H16ClNO2. The van der Waals surface area contributed by atoms with E-state index in [-0.39, 0.29) is 5.43 Å². The van der Waals surface area contributed by atoms with E-state index in [1.54, 1.807) is 25.3 Å². The van der Waals surface area contributed by atoms with E-state index < -0.39 is 0 Å². The first-order valence-corrected chi connectivity index (χ1v) is 8.59. The summed E-state index contributed by atoms with van der Waals surface area (Å²) in [6, 6.07) is 19.4. The molecule has 0 radical (unpaired) electrons. The molecule has 3 nitrogen and oxygen atoms in total. The number of aromatic nitrogens is 1. The van der Waals surface area contributed by atoms with E-state index in [2.05, 4.69) is 35.3 Å². The van der Waals surface area contributed by atoms with Crippen LogP contribution in [0.3, 0.4) is 0 Å². The van der Waals surface area contributed by atoms with E-state index >= 15 is 0 Å². The average molecular weight is 362 g/mol. The lowest BCUT2D eigenvalue weighted by Gasteiger charge is -2.06. The van der Waals surface area contributed by atoms with Gasteiger partial charge in [-0.3, -0.25) is 4.79 Å². The molecule has 4 aromatic rings. The topological polar surface area (TPSA) is 42.1 Å². The molecule has 3 aromatic carbocycles. The maximum absolute atomic E-state index is 12.4. The van der Waals surface area contributed by atoms with Gasteiger partial charge in [0.2, 0.25) is 0 Å². The summed E-state index contributed by atoms with van der Waals surface area (Å²) in [5.41, 5.74) is 2.40. The second-order valence-corrected chi connectivity index (χ2v) is 6.47. The Morgan fingerprint density at radius 2 is 1.77 bits per heavy atom. The van der Waals surface area contributed by atoms with E-state index in [0.29, 0.717) is 21.7 Å². The molecule has 4 rings (SSSR count). The molecule has 0 aliphatic rings. The highest BCUT2D eigenvalue weighted by Crippen LogP contribution is 2.28. The van der Waals surface area contributed by atoms with E-state index in [9.17, 15) is 4.79 Å². The second-order valence-electron chi connectivity index (χ2n) is 6.06. The van der Waals surface area contributed by atoms with Crippen molar-refractivity contribution in [3.63, 3.8) is 0 Å². The standard InChI is InChI=1S/C22H16ClNO2/c1-26-22-13-20-18(12-19(22)23)21(25)11-17(24-20)9-7-14-6-8-15-4-2-3-5-16(15)10-14/h2-13H,1H3,(H,24,25)/b9-7+. The third-order valence-corrected chi connectivity index (χ3v) is 4.65. The summed E-state index contributed by atoms with van der Waals surface area (Å²) in [5, 5.41) is 3.34. The lowest BCUT2D eigenvalue weighted by atomic mass is 10.1. The molecule has 0 amide bonds. The molecule has 0 saturated heterocycles. The van der Waals surface area contributed by atoms with Crippen LogP contribution >= 0.6 is 11.6 Å². The van der Waals surface area contributed by atoms with Gasteiger partial charge in [0.05, 0.1) is 17.6 Å². The highest BCUT2D eigenvalue weighted by molar-refractivity contribution is 6.32. The normalized spacial score (nSPS) is 11.5. The number of methoxy groups -OCH3 is 1. The van der Waals surface area contributed by atoms with Crippen molar-refractivity contribution in [2.75, 3.05) is 7.11 Å². The fraction of sp³-hybridized carbons (Fsp3) is 0.0455. The summed E-state index contributed by atoms with van der Waals surface area (Å²) in [6.07, 6.45) is 3.88.